The Labute approximate surface area is 94.2 Å². The zero-order chi connectivity index (χ0) is 11.5. The van der Waals surface area contributed by atoms with Crippen LogP contribution in [0, 0.1) is 5.82 Å². The van der Waals surface area contributed by atoms with E-state index in [2.05, 4.69) is 5.32 Å². The monoisotopic (exact) mass is 225 g/mol. The van der Waals surface area contributed by atoms with E-state index >= 15 is 0 Å². The molecule has 0 saturated heterocycles. The van der Waals surface area contributed by atoms with Gasteiger partial charge in [-0.05, 0) is 43.7 Å². The van der Waals surface area contributed by atoms with Gasteiger partial charge in [-0.3, -0.25) is 0 Å². The number of aliphatic hydroxyl groups is 1. The smallest absolute Gasteiger partial charge is 0.126 e. The third-order valence-corrected chi connectivity index (χ3v) is 2.84. The summed E-state index contributed by atoms with van der Waals surface area (Å²) < 4.78 is 18.6. The van der Waals surface area contributed by atoms with Crippen LogP contribution in [0.3, 0.4) is 0 Å². The van der Waals surface area contributed by atoms with Crippen molar-refractivity contribution in [2.75, 3.05) is 13.6 Å². The fourth-order valence-corrected chi connectivity index (χ4v) is 1.99. The number of benzene rings is 1. The third kappa shape index (κ3) is 2.33. The second-order valence-electron chi connectivity index (χ2n) is 4.07. The molecule has 0 aliphatic carbocycles. The van der Waals surface area contributed by atoms with Crippen LogP contribution >= 0.6 is 0 Å². The van der Waals surface area contributed by atoms with Gasteiger partial charge in [0.1, 0.15) is 23.8 Å². The average Bonchev–Trinajstić information content (AvgIpc) is 2.28. The lowest BCUT2D eigenvalue weighted by Crippen LogP contribution is -2.40. The summed E-state index contributed by atoms with van der Waals surface area (Å²) in [5.74, 6) is 0.448. The van der Waals surface area contributed by atoms with Gasteiger partial charge in [0.2, 0.25) is 0 Å². The number of halogens is 1. The summed E-state index contributed by atoms with van der Waals surface area (Å²) in [6.07, 6.45) is 0.742. The minimum atomic E-state index is -0.525. The van der Waals surface area contributed by atoms with E-state index in [9.17, 15) is 9.50 Å². The summed E-state index contributed by atoms with van der Waals surface area (Å²) in [7, 11) is 1.79. The molecule has 1 aliphatic rings. The molecule has 2 unspecified atom stereocenters. The Morgan fingerprint density at radius 2 is 2.44 bits per heavy atom. The number of fused-ring (bicyclic) bond motifs is 1. The van der Waals surface area contributed by atoms with E-state index in [0.717, 1.165) is 18.4 Å². The molecule has 0 aromatic heterocycles. The molecule has 2 rings (SSSR count). The Morgan fingerprint density at radius 1 is 1.62 bits per heavy atom. The third-order valence-electron chi connectivity index (χ3n) is 2.84. The van der Waals surface area contributed by atoms with Gasteiger partial charge >= 0.3 is 0 Å². The van der Waals surface area contributed by atoms with Gasteiger partial charge in [-0.15, -0.1) is 0 Å². The number of ether oxygens (including phenoxy) is 1. The summed E-state index contributed by atoms with van der Waals surface area (Å²) >= 11 is 0. The van der Waals surface area contributed by atoms with Crippen LogP contribution < -0.4 is 10.1 Å². The molecule has 0 saturated carbocycles. The van der Waals surface area contributed by atoms with Crippen molar-refractivity contribution in [3.8, 4) is 5.75 Å². The van der Waals surface area contributed by atoms with Crippen molar-refractivity contribution < 1.29 is 14.2 Å². The van der Waals surface area contributed by atoms with Crippen molar-refractivity contribution in [1.82, 2.24) is 5.32 Å². The van der Waals surface area contributed by atoms with E-state index in [1.165, 1.54) is 12.1 Å². The maximum atomic E-state index is 13.0. The number of nitrogens with one attached hydrogen (secondary N) is 1. The van der Waals surface area contributed by atoms with E-state index in [1.54, 1.807) is 13.1 Å². The van der Waals surface area contributed by atoms with Crippen molar-refractivity contribution in [2.45, 2.75) is 25.0 Å². The first-order chi connectivity index (χ1) is 7.70. The first-order valence-corrected chi connectivity index (χ1v) is 5.48. The lowest BCUT2D eigenvalue weighted by atomic mass is 9.99. The summed E-state index contributed by atoms with van der Waals surface area (Å²) in [5, 5.41) is 12.7. The maximum absolute atomic E-state index is 13.0. The van der Waals surface area contributed by atoms with Crippen LogP contribution in [0.2, 0.25) is 0 Å². The lowest BCUT2D eigenvalue weighted by Gasteiger charge is -2.29. The van der Waals surface area contributed by atoms with Crippen LogP contribution in [0.1, 0.15) is 12.0 Å². The fraction of sp³-hybridized carbons (Fsp3) is 0.500. The standard InChI is InChI=1S/C12H16FNO2/c1-14-7-10(15)12-4-2-8-6-9(13)3-5-11(8)16-12/h3,5-6,10,12,14-15H,2,4,7H2,1H3. The molecule has 0 fully saturated rings. The summed E-state index contributed by atoms with van der Waals surface area (Å²) in [6, 6.07) is 4.50. The van der Waals surface area contributed by atoms with Gasteiger partial charge in [-0.1, -0.05) is 0 Å². The molecule has 1 aliphatic heterocycles. The molecule has 88 valence electrons. The molecule has 0 radical (unpaired) electrons. The second kappa shape index (κ2) is 4.80. The van der Waals surface area contributed by atoms with Crippen LogP contribution in [0.15, 0.2) is 18.2 Å². The summed E-state index contributed by atoms with van der Waals surface area (Å²) in [5.41, 5.74) is 0.882. The molecular weight excluding hydrogens is 209 g/mol. The first-order valence-electron chi connectivity index (χ1n) is 5.48. The van der Waals surface area contributed by atoms with Crippen molar-refractivity contribution >= 4 is 0 Å². The molecule has 0 spiro atoms. The normalized spacial score (nSPS) is 21.1. The molecular formula is C12H16FNO2. The molecule has 2 atom stereocenters. The number of hydrogen-bond acceptors (Lipinski definition) is 3. The Morgan fingerprint density at radius 3 is 3.19 bits per heavy atom. The maximum Gasteiger partial charge on any atom is 0.126 e. The highest BCUT2D eigenvalue weighted by Gasteiger charge is 2.25. The van der Waals surface area contributed by atoms with Crippen LogP contribution in [-0.2, 0) is 6.42 Å². The molecule has 16 heavy (non-hydrogen) atoms. The Hall–Kier alpha value is -1.13. The van der Waals surface area contributed by atoms with E-state index in [1.807, 2.05) is 0 Å². The zero-order valence-corrected chi connectivity index (χ0v) is 9.24. The van der Waals surface area contributed by atoms with Crippen LogP contribution in [-0.4, -0.2) is 30.9 Å². The van der Waals surface area contributed by atoms with Crippen LogP contribution in [0.4, 0.5) is 4.39 Å². The number of rotatable bonds is 3. The highest BCUT2D eigenvalue weighted by atomic mass is 19.1. The number of likely N-dealkylation sites (N-methyl/N-ethyl adjacent to an activating group) is 1. The molecule has 1 aromatic rings. The Bertz CT molecular complexity index is 370. The van der Waals surface area contributed by atoms with Crippen molar-refractivity contribution in [2.24, 2.45) is 0 Å². The minimum Gasteiger partial charge on any atom is -0.487 e. The average molecular weight is 225 g/mol. The SMILES string of the molecule is CNCC(O)C1CCc2cc(F)ccc2O1. The van der Waals surface area contributed by atoms with Gasteiger partial charge in [0.05, 0.1) is 0 Å². The molecule has 4 heteroatoms. The molecule has 2 N–H and O–H groups in total. The number of aryl methyl sites for hydroxylation is 1. The fourth-order valence-electron chi connectivity index (χ4n) is 1.99. The van der Waals surface area contributed by atoms with Gasteiger partial charge < -0.3 is 15.2 Å². The summed E-state index contributed by atoms with van der Waals surface area (Å²) in [6.45, 7) is 0.501. The quantitative estimate of drug-likeness (QED) is 0.809. The highest BCUT2D eigenvalue weighted by Crippen LogP contribution is 2.29. The van der Waals surface area contributed by atoms with Gasteiger partial charge in [-0.25, -0.2) is 4.39 Å². The molecule has 0 bridgehead atoms. The minimum absolute atomic E-state index is 0.203. The summed E-state index contributed by atoms with van der Waals surface area (Å²) in [4.78, 5) is 0. The Kier molecular flexibility index (Phi) is 3.41. The van der Waals surface area contributed by atoms with Crippen molar-refractivity contribution in [1.29, 1.82) is 0 Å². The second-order valence-corrected chi connectivity index (χ2v) is 4.07. The molecule has 3 nitrogen and oxygen atoms in total. The van der Waals surface area contributed by atoms with Crippen molar-refractivity contribution in [3.63, 3.8) is 0 Å². The predicted molar refractivity (Wildman–Crippen MR) is 59.1 cm³/mol. The van der Waals surface area contributed by atoms with E-state index in [0.29, 0.717) is 12.3 Å². The van der Waals surface area contributed by atoms with Crippen LogP contribution in [0.5, 0.6) is 5.75 Å². The highest BCUT2D eigenvalue weighted by molar-refractivity contribution is 5.35. The van der Waals surface area contributed by atoms with E-state index in [4.69, 9.17) is 4.74 Å². The topological polar surface area (TPSA) is 41.5 Å². The predicted octanol–water partition coefficient (Wildman–Crippen LogP) is 1.10. The lowest BCUT2D eigenvalue weighted by molar-refractivity contribution is 0.0255. The molecule has 0 amide bonds. The zero-order valence-electron chi connectivity index (χ0n) is 9.24. The Balaban J connectivity index is 2.09. The van der Waals surface area contributed by atoms with Crippen LogP contribution in [0.25, 0.3) is 0 Å². The molecule has 1 heterocycles. The van der Waals surface area contributed by atoms with E-state index in [-0.39, 0.29) is 11.9 Å². The van der Waals surface area contributed by atoms with Gasteiger partial charge in [0.25, 0.3) is 0 Å². The molecule has 1 aromatic carbocycles. The van der Waals surface area contributed by atoms with Crippen molar-refractivity contribution in [3.05, 3.63) is 29.6 Å². The number of hydrogen-bond donors (Lipinski definition) is 2. The first kappa shape index (κ1) is 11.4. The van der Waals surface area contributed by atoms with Gasteiger partial charge in [0.15, 0.2) is 0 Å². The number of aliphatic hydroxyl groups excluding tert-OH is 1. The largest absolute Gasteiger partial charge is 0.487 e. The van der Waals surface area contributed by atoms with Gasteiger partial charge in [-0.2, -0.15) is 0 Å². The van der Waals surface area contributed by atoms with Gasteiger partial charge in [0, 0.05) is 6.54 Å². The van der Waals surface area contributed by atoms with E-state index < -0.39 is 6.10 Å².